The largest absolute Gasteiger partial charge is 0.389 e. The standard InChI is InChI=1S/C14H24O2/c1-9-8-12-14(5,16-12)11(13(9,3)4)7-6-10(2)15/h6-7,9-12,15H,8H2,1-5H3/t9-,10+,11-,12-,14+/m0/s1. The summed E-state index contributed by atoms with van der Waals surface area (Å²) in [6, 6.07) is 0. The van der Waals surface area contributed by atoms with E-state index in [1.165, 1.54) is 6.42 Å². The van der Waals surface area contributed by atoms with Gasteiger partial charge in [-0.15, -0.1) is 0 Å². The van der Waals surface area contributed by atoms with E-state index in [4.69, 9.17) is 4.74 Å². The van der Waals surface area contributed by atoms with Crippen LogP contribution in [0, 0.1) is 17.3 Å². The first-order valence-corrected chi connectivity index (χ1v) is 6.32. The maximum Gasteiger partial charge on any atom is 0.0987 e. The molecule has 0 amide bonds. The van der Waals surface area contributed by atoms with Crippen molar-refractivity contribution in [3.05, 3.63) is 12.2 Å². The number of rotatable bonds is 2. The van der Waals surface area contributed by atoms with Crippen LogP contribution in [0.4, 0.5) is 0 Å². The molecule has 1 heterocycles. The Morgan fingerprint density at radius 3 is 2.56 bits per heavy atom. The summed E-state index contributed by atoms with van der Waals surface area (Å²) < 4.78 is 5.88. The number of aliphatic hydroxyl groups excluding tert-OH is 1. The van der Waals surface area contributed by atoms with Crippen LogP contribution in [-0.2, 0) is 4.74 Å². The van der Waals surface area contributed by atoms with E-state index in [9.17, 15) is 5.11 Å². The van der Waals surface area contributed by atoms with Crippen LogP contribution in [0.25, 0.3) is 0 Å². The molecule has 0 spiro atoms. The van der Waals surface area contributed by atoms with Gasteiger partial charge in [0, 0.05) is 5.92 Å². The Labute approximate surface area is 98.7 Å². The van der Waals surface area contributed by atoms with Crippen molar-refractivity contribution in [2.24, 2.45) is 17.3 Å². The lowest BCUT2D eigenvalue weighted by Gasteiger charge is -2.43. The molecule has 2 aliphatic rings. The third-order valence-electron chi connectivity index (χ3n) is 4.82. The fourth-order valence-electron chi connectivity index (χ4n) is 3.21. The Morgan fingerprint density at radius 2 is 2.00 bits per heavy atom. The van der Waals surface area contributed by atoms with Crippen LogP contribution in [0.2, 0.25) is 0 Å². The molecular weight excluding hydrogens is 200 g/mol. The summed E-state index contributed by atoms with van der Waals surface area (Å²) in [7, 11) is 0. The predicted octanol–water partition coefficient (Wildman–Crippen LogP) is 2.76. The van der Waals surface area contributed by atoms with Crippen molar-refractivity contribution in [2.45, 2.75) is 58.8 Å². The molecule has 1 saturated heterocycles. The summed E-state index contributed by atoms with van der Waals surface area (Å²) in [4.78, 5) is 0. The van der Waals surface area contributed by atoms with Crippen LogP contribution in [0.15, 0.2) is 12.2 Å². The lowest BCUT2D eigenvalue weighted by atomic mass is 9.59. The van der Waals surface area contributed by atoms with Gasteiger partial charge in [0.1, 0.15) is 0 Å². The lowest BCUT2D eigenvalue weighted by molar-refractivity contribution is 0.0813. The molecule has 0 aromatic heterocycles. The predicted molar refractivity (Wildman–Crippen MR) is 65.2 cm³/mol. The highest BCUT2D eigenvalue weighted by molar-refractivity contribution is 5.19. The minimum Gasteiger partial charge on any atom is -0.389 e. The molecule has 1 saturated carbocycles. The number of fused-ring (bicyclic) bond motifs is 1. The summed E-state index contributed by atoms with van der Waals surface area (Å²) in [5.41, 5.74) is 0.258. The van der Waals surface area contributed by atoms with Gasteiger partial charge in [-0.3, -0.25) is 0 Å². The van der Waals surface area contributed by atoms with Gasteiger partial charge < -0.3 is 9.84 Å². The van der Waals surface area contributed by atoms with E-state index in [1.54, 1.807) is 6.92 Å². The first kappa shape index (κ1) is 12.1. The van der Waals surface area contributed by atoms with Crippen molar-refractivity contribution in [1.29, 1.82) is 0 Å². The fraction of sp³-hybridized carbons (Fsp3) is 0.857. The average Bonchev–Trinajstić information content (AvgIpc) is 2.75. The van der Waals surface area contributed by atoms with E-state index in [0.29, 0.717) is 17.9 Å². The SMILES string of the molecule is C[C@@H](O)C=C[C@H]1C(C)(C)[C@@H](C)C[C@@H]2O[C@@]21C. The molecule has 2 nitrogen and oxygen atoms in total. The third kappa shape index (κ3) is 1.72. The van der Waals surface area contributed by atoms with Crippen molar-refractivity contribution in [3.63, 3.8) is 0 Å². The molecule has 0 aromatic rings. The van der Waals surface area contributed by atoms with Gasteiger partial charge in [-0.05, 0) is 31.6 Å². The zero-order chi connectivity index (χ0) is 12.1. The smallest absolute Gasteiger partial charge is 0.0987 e. The molecule has 0 unspecified atom stereocenters. The summed E-state index contributed by atoms with van der Waals surface area (Å²) >= 11 is 0. The van der Waals surface area contributed by atoms with Crippen LogP contribution < -0.4 is 0 Å². The quantitative estimate of drug-likeness (QED) is 0.578. The minimum atomic E-state index is -0.367. The first-order chi connectivity index (χ1) is 7.28. The van der Waals surface area contributed by atoms with Crippen molar-refractivity contribution < 1.29 is 9.84 Å². The van der Waals surface area contributed by atoms with Gasteiger partial charge in [0.15, 0.2) is 0 Å². The Kier molecular flexibility index (Phi) is 2.71. The number of hydrogen-bond acceptors (Lipinski definition) is 2. The molecule has 2 fully saturated rings. The molecule has 1 aliphatic carbocycles. The van der Waals surface area contributed by atoms with E-state index in [0.717, 1.165) is 0 Å². The van der Waals surface area contributed by atoms with Gasteiger partial charge in [0.05, 0.1) is 17.8 Å². The number of epoxide rings is 1. The first-order valence-electron chi connectivity index (χ1n) is 6.32. The highest BCUT2D eigenvalue weighted by atomic mass is 16.6. The van der Waals surface area contributed by atoms with Crippen molar-refractivity contribution >= 4 is 0 Å². The fourth-order valence-corrected chi connectivity index (χ4v) is 3.21. The minimum absolute atomic E-state index is 0.0153. The van der Waals surface area contributed by atoms with E-state index in [-0.39, 0.29) is 17.1 Å². The Bertz CT molecular complexity index is 306. The molecule has 5 atom stereocenters. The molecule has 0 radical (unpaired) electrons. The summed E-state index contributed by atoms with van der Waals surface area (Å²) in [6.45, 7) is 11.0. The normalized spacial score (nSPS) is 47.8. The van der Waals surface area contributed by atoms with Crippen LogP contribution in [0.5, 0.6) is 0 Å². The van der Waals surface area contributed by atoms with Crippen LogP contribution in [0.3, 0.4) is 0 Å². The molecule has 1 aliphatic heterocycles. The second-order valence-electron chi connectivity index (χ2n) is 6.35. The number of ether oxygens (including phenoxy) is 1. The number of hydrogen-bond donors (Lipinski definition) is 1. The molecule has 0 bridgehead atoms. The maximum absolute atomic E-state index is 9.38. The molecule has 1 N–H and O–H groups in total. The van der Waals surface area contributed by atoms with Crippen LogP contribution in [-0.4, -0.2) is 22.9 Å². The maximum atomic E-state index is 9.38. The van der Waals surface area contributed by atoms with Gasteiger partial charge in [-0.25, -0.2) is 0 Å². The highest BCUT2D eigenvalue weighted by Gasteiger charge is 2.65. The Morgan fingerprint density at radius 1 is 1.38 bits per heavy atom. The second kappa shape index (κ2) is 3.58. The summed E-state index contributed by atoms with van der Waals surface area (Å²) in [5.74, 6) is 1.07. The van der Waals surface area contributed by atoms with Gasteiger partial charge >= 0.3 is 0 Å². The van der Waals surface area contributed by atoms with E-state index in [1.807, 2.05) is 6.08 Å². The van der Waals surface area contributed by atoms with Crippen LogP contribution in [0.1, 0.15) is 41.0 Å². The molecule has 2 rings (SSSR count). The zero-order valence-corrected chi connectivity index (χ0v) is 11.0. The molecular formula is C14H24O2. The monoisotopic (exact) mass is 224 g/mol. The van der Waals surface area contributed by atoms with Crippen LogP contribution >= 0.6 is 0 Å². The van der Waals surface area contributed by atoms with Gasteiger partial charge in [-0.2, -0.15) is 0 Å². The molecule has 92 valence electrons. The Hall–Kier alpha value is -0.340. The van der Waals surface area contributed by atoms with Gasteiger partial charge in [0.25, 0.3) is 0 Å². The average molecular weight is 224 g/mol. The molecule has 0 aromatic carbocycles. The summed E-state index contributed by atoms with van der Waals surface area (Å²) in [6.07, 6.45) is 5.30. The molecule has 16 heavy (non-hydrogen) atoms. The van der Waals surface area contributed by atoms with E-state index in [2.05, 4.69) is 33.8 Å². The topological polar surface area (TPSA) is 32.8 Å². The van der Waals surface area contributed by atoms with Gasteiger partial charge in [-0.1, -0.05) is 32.9 Å². The van der Waals surface area contributed by atoms with Crippen molar-refractivity contribution in [3.8, 4) is 0 Å². The second-order valence-corrected chi connectivity index (χ2v) is 6.35. The molecule has 2 heteroatoms. The Balaban J connectivity index is 2.24. The number of aliphatic hydroxyl groups is 1. The van der Waals surface area contributed by atoms with Crippen molar-refractivity contribution in [1.82, 2.24) is 0 Å². The van der Waals surface area contributed by atoms with Crippen molar-refractivity contribution in [2.75, 3.05) is 0 Å². The summed E-state index contributed by atoms with van der Waals surface area (Å²) in [5, 5.41) is 9.38. The van der Waals surface area contributed by atoms with Gasteiger partial charge in [0.2, 0.25) is 0 Å². The van der Waals surface area contributed by atoms with E-state index < -0.39 is 0 Å². The zero-order valence-electron chi connectivity index (χ0n) is 11.0. The lowest BCUT2D eigenvalue weighted by Crippen LogP contribution is -2.44. The third-order valence-corrected chi connectivity index (χ3v) is 4.82. The van der Waals surface area contributed by atoms with E-state index >= 15 is 0 Å². The highest BCUT2D eigenvalue weighted by Crippen LogP contribution is 2.60.